The first-order valence-electron chi connectivity index (χ1n) is 8.73. The summed E-state index contributed by atoms with van der Waals surface area (Å²) in [6.07, 6.45) is 6.22. The van der Waals surface area contributed by atoms with Gasteiger partial charge in [0, 0.05) is 24.7 Å². The molecule has 1 aromatic rings. The van der Waals surface area contributed by atoms with E-state index >= 15 is 0 Å². The average Bonchev–Trinajstić information content (AvgIpc) is 2.95. The minimum Gasteiger partial charge on any atom is -0.339 e. The summed E-state index contributed by atoms with van der Waals surface area (Å²) < 4.78 is 0. The third kappa shape index (κ3) is 3.41. The molecule has 124 valence electrons. The van der Waals surface area contributed by atoms with Crippen molar-refractivity contribution < 1.29 is 9.59 Å². The first-order valence-corrected chi connectivity index (χ1v) is 8.73. The summed E-state index contributed by atoms with van der Waals surface area (Å²) in [5, 5.41) is 3.02. The summed E-state index contributed by atoms with van der Waals surface area (Å²) in [7, 11) is 0. The molecule has 2 fully saturated rings. The van der Waals surface area contributed by atoms with Gasteiger partial charge in [-0.05, 0) is 43.9 Å². The standard InChI is InChI=1S/C19H26N2O2/c1-13-7-6-10-17(14(13)2)20-19(23)15-11-18(22)21(12-15)16-8-4-3-5-9-16/h6-7,10,15-16H,3-5,8-9,11-12H2,1-2H3,(H,20,23). The van der Waals surface area contributed by atoms with Gasteiger partial charge in [-0.15, -0.1) is 0 Å². The fraction of sp³-hybridized carbons (Fsp3) is 0.579. The van der Waals surface area contributed by atoms with Crippen LogP contribution >= 0.6 is 0 Å². The van der Waals surface area contributed by atoms with Crippen LogP contribution in [-0.2, 0) is 9.59 Å². The molecule has 1 aliphatic heterocycles. The third-order valence-corrected chi connectivity index (χ3v) is 5.41. The van der Waals surface area contributed by atoms with Gasteiger partial charge in [0.1, 0.15) is 0 Å². The molecular formula is C19H26N2O2. The number of likely N-dealkylation sites (tertiary alicyclic amines) is 1. The topological polar surface area (TPSA) is 49.4 Å². The second kappa shape index (κ2) is 6.73. The Balaban J connectivity index is 1.64. The molecule has 1 aromatic carbocycles. The maximum absolute atomic E-state index is 12.6. The van der Waals surface area contributed by atoms with E-state index in [4.69, 9.17) is 0 Å². The highest BCUT2D eigenvalue weighted by atomic mass is 16.2. The number of nitrogens with one attached hydrogen (secondary N) is 1. The maximum Gasteiger partial charge on any atom is 0.229 e. The van der Waals surface area contributed by atoms with Crippen LogP contribution in [0.2, 0.25) is 0 Å². The molecule has 0 spiro atoms. The molecule has 1 saturated heterocycles. The van der Waals surface area contributed by atoms with Crippen LogP contribution < -0.4 is 5.32 Å². The van der Waals surface area contributed by atoms with E-state index in [1.807, 2.05) is 36.9 Å². The van der Waals surface area contributed by atoms with E-state index in [0.29, 0.717) is 19.0 Å². The largest absolute Gasteiger partial charge is 0.339 e. The van der Waals surface area contributed by atoms with Crippen molar-refractivity contribution in [3.05, 3.63) is 29.3 Å². The predicted molar refractivity (Wildman–Crippen MR) is 91.2 cm³/mol. The molecule has 4 nitrogen and oxygen atoms in total. The Morgan fingerprint density at radius 3 is 2.65 bits per heavy atom. The van der Waals surface area contributed by atoms with Crippen molar-refractivity contribution in [3.63, 3.8) is 0 Å². The molecule has 1 aliphatic carbocycles. The Kier molecular flexibility index (Phi) is 4.69. The second-order valence-corrected chi connectivity index (χ2v) is 6.98. The number of hydrogen-bond donors (Lipinski definition) is 1. The van der Waals surface area contributed by atoms with Crippen LogP contribution in [0.5, 0.6) is 0 Å². The van der Waals surface area contributed by atoms with Crippen molar-refractivity contribution in [1.29, 1.82) is 0 Å². The van der Waals surface area contributed by atoms with Crippen molar-refractivity contribution in [2.75, 3.05) is 11.9 Å². The highest BCUT2D eigenvalue weighted by Gasteiger charge is 2.38. The number of carbonyl (C=O) groups is 2. The van der Waals surface area contributed by atoms with Gasteiger partial charge < -0.3 is 10.2 Å². The van der Waals surface area contributed by atoms with Crippen LogP contribution in [0.15, 0.2) is 18.2 Å². The van der Waals surface area contributed by atoms with E-state index in [9.17, 15) is 9.59 Å². The molecule has 1 atom stereocenters. The molecule has 1 unspecified atom stereocenters. The van der Waals surface area contributed by atoms with E-state index in [1.54, 1.807) is 0 Å². The molecule has 4 heteroatoms. The van der Waals surface area contributed by atoms with Gasteiger partial charge >= 0.3 is 0 Å². The van der Waals surface area contributed by atoms with E-state index in [1.165, 1.54) is 19.3 Å². The zero-order valence-corrected chi connectivity index (χ0v) is 14.1. The second-order valence-electron chi connectivity index (χ2n) is 6.98. The van der Waals surface area contributed by atoms with Gasteiger partial charge in [0.15, 0.2) is 0 Å². The molecule has 3 rings (SSSR count). The average molecular weight is 314 g/mol. The fourth-order valence-electron chi connectivity index (χ4n) is 3.77. The molecule has 2 amide bonds. The summed E-state index contributed by atoms with van der Waals surface area (Å²) in [4.78, 5) is 26.8. The fourth-order valence-corrected chi connectivity index (χ4v) is 3.77. The number of carbonyl (C=O) groups excluding carboxylic acids is 2. The van der Waals surface area contributed by atoms with Gasteiger partial charge in [0.2, 0.25) is 11.8 Å². The molecule has 23 heavy (non-hydrogen) atoms. The quantitative estimate of drug-likeness (QED) is 0.929. The Morgan fingerprint density at radius 1 is 1.17 bits per heavy atom. The van der Waals surface area contributed by atoms with Crippen molar-refractivity contribution in [2.24, 2.45) is 5.92 Å². The van der Waals surface area contributed by atoms with E-state index in [0.717, 1.165) is 29.7 Å². The first kappa shape index (κ1) is 16.0. The van der Waals surface area contributed by atoms with Gasteiger partial charge in [-0.1, -0.05) is 31.4 Å². The van der Waals surface area contributed by atoms with Crippen LogP contribution in [0.1, 0.15) is 49.7 Å². The summed E-state index contributed by atoms with van der Waals surface area (Å²) in [6.45, 7) is 4.63. The van der Waals surface area contributed by atoms with Crippen molar-refractivity contribution in [1.82, 2.24) is 4.90 Å². The lowest BCUT2D eigenvalue weighted by atomic mass is 9.94. The van der Waals surface area contributed by atoms with Crippen molar-refractivity contribution in [3.8, 4) is 0 Å². The zero-order chi connectivity index (χ0) is 16.4. The van der Waals surface area contributed by atoms with E-state index in [2.05, 4.69) is 5.32 Å². The van der Waals surface area contributed by atoms with Crippen LogP contribution in [0.3, 0.4) is 0 Å². The Morgan fingerprint density at radius 2 is 1.91 bits per heavy atom. The summed E-state index contributed by atoms with van der Waals surface area (Å²) >= 11 is 0. The lowest BCUT2D eigenvalue weighted by molar-refractivity contribution is -0.130. The minimum atomic E-state index is -0.218. The number of anilines is 1. The molecule has 0 radical (unpaired) electrons. The monoisotopic (exact) mass is 314 g/mol. The Labute approximate surface area is 138 Å². The van der Waals surface area contributed by atoms with E-state index < -0.39 is 0 Å². The molecule has 1 N–H and O–H groups in total. The van der Waals surface area contributed by atoms with Crippen LogP contribution in [-0.4, -0.2) is 29.3 Å². The van der Waals surface area contributed by atoms with Gasteiger partial charge in [0.25, 0.3) is 0 Å². The number of nitrogens with zero attached hydrogens (tertiary/aromatic N) is 1. The number of benzene rings is 1. The highest BCUT2D eigenvalue weighted by Crippen LogP contribution is 2.29. The summed E-state index contributed by atoms with van der Waals surface area (Å²) in [6, 6.07) is 6.27. The molecule has 0 aromatic heterocycles. The van der Waals surface area contributed by atoms with Gasteiger partial charge in [-0.25, -0.2) is 0 Å². The molecule has 2 aliphatic rings. The van der Waals surface area contributed by atoms with Gasteiger partial charge in [-0.3, -0.25) is 9.59 Å². The van der Waals surface area contributed by atoms with Gasteiger partial charge in [-0.2, -0.15) is 0 Å². The molecular weight excluding hydrogens is 288 g/mol. The number of aryl methyl sites for hydroxylation is 1. The first-order chi connectivity index (χ1) is 11.1. The van der Waals surface area contributed by atoms with E-state index in [-0.39, 0.29) is 17.7 Å². The lowest BCUT2D eigenvalue weighted by Gasteiger charge is -2.31. The summed E-state index contributed by atoms with van der Waals surface area (Å²) in [5.74, 6) is -0.0901. The SMILES string of the molecule is Cc1cccc(NC(=O)C2CC(=O)N(C3CCCCC3)C2)c1C. The van der Waals surface area contributed by atoms with Gasteiger partial charge in [0.05, 0.1) is 5.92 Å². The molecule has 0 bridgehead atoms. The number of amides is 2. The number of rotatable bonds is 3. The Hall–Kier alpha value is -1.84. The predicted octanol–water partition coefficient (Wildman–Crippen LogP) is 3.42. The molecule has 1 heterocycles. The third-order valence-electron chi connectivity index (χ3n) is 5.41. The Bertz CT molecular complexity index is 605. The maximum atomic E-state index is 12.6. The van der Waals surface area contributed by atoms with Crippen molar-refractivity contribution in [2.45, 2.75) is 58.4 Å². The van der Waals surface area contributed by atoms with Crippen LogP contribution in [0, 0.1) is 19.8 Å². The lowest BCUT2D eigenvalue weighted by Crippen LogP contribution is -2.38. The smallest absolute Gasteiger partial charge is 0.229 e. The highest BCUT2D eigenvalue weighted by molar-refractivity contribution is 5.97. The molecule has 1 saturated carbocycles. The number of hydrogen-bond acceptors (Lipinski definition) is 2. The zero-order valence-electron chi connectivity index (χ0n) is 14.1. The van der Waals surface area contributed by atoms with Crippen molar-refractivity contribution >= 4 is 17.5 Å². The summed E-state index contributed by atoms with van der Waals surface area (Å²) in [5.41, 5.74) is 3.11. The van der Waals surface area contributed by atoms with Crippen LogP contribution in [0.25, 0.3) is 0 Å². The van der Waals surface area contributed by atoms with Crippen LogP contribution in [0.4, 0.5) is 5.69 Å². The normalized spacial score (nSPS) is 22.4. The minimum absolute atomic E-state index is 0.0228.